The lowest BCUT2D eigenvalue weighted by Crippen LogP contribution is -2.41. The molecule has 0 fully saturated rings. The molecule has 1 aromatic carbocycles. The smallest absolute Gasteiger partial charge is 0.332 e. The summed E-state index contributed by atoms with van der Waals surface area (Å²) in [5, 5.41) is 4.32. The van der Waals surface area contributed by atoms with Gasteiger partial charge in [0.25, 0.3) is 5.56 Å². The Morgan fingerprint density at radius 2 is 1.89 bits per heavy atom. The molecule has 0 saturated carbocycles. The Labute approximate surface area is 171 Å². The van der Waals surface area contributed by atoms with Crippen LogP contribution < -0.4 is 17.0 Å². The molecule has 0 atom stereocenters. The zero-order chi connectivity index (χ0) is 20.6. The number of thioether (sulfide) groups is 1. The lowest BCUT2D eigenvalue weighted by atomic mass is 10.2. The number of halogens is 1. The maximum atomic E-state index is 13.1. The van der Waals surface area contributed by atoms with Gasteiger partial charge in [-0.05, 0) is 36.5 Å². The Bertz CT molecular complexity index is 1240. The predicted octanol–water partition coefficient (Wildman–Crippen LogP) is 1.76. The van der Waals surface area contributed by atoms with E-state index in [2.05, 4.69) is 5.10 Å². The first-order chi connectivity index (χ1) is 13.2. The Hall–Kier alpha value is -2.57. The standard InChI is InChI=1S/C16H14FN5O3S3/c1-20-12(18)11(13(24)21(2)15(20)25)10(23)7-27-14-19-22(16(26)28-14)9-5-3-8(17)4-6-9/h3-6H,7,18H2,1-2H3. The topological polar surface area (TPSA) is 105 Å². The zero-order valence-corrected chi connectivity index (χ0v) is 17.2. The molecule has 146 valence electrons. The summed E-state index contributed by atoms with van der Waals surface area (Å²) in [5.41, 5.74) is 4.80. The van der Waals surface area contributed by atoms with E-state index in [1.807, 2.05) is 0 Å². The van der Waals surface area contributed by atoms with Crippen LogP contribution in [-0.2, 0) is 14.1 Å². The van der Waals surface area contributed by atoms with Gasteiger partial charge < -0.3 is 5.73 Å². The van der Waals surface area contributed by atoms with Crippen molar-refractivity contribution in [1.82, 2.24) is 18.9 Å². The molecule has 28 heavy (non-hydrogen) atoms. The highest BCUT2D eigenvalue weighted by molar-refractivity contribution is 8.01. The van der Waals surface area contributed by atoms with E-state index in [4.69, 9.17) is 18.0 Å². The van der Waals surface area contributed by atoms with Crippen molar-refractivity contribution in [1.29, 1.82) is 0 Å². The van der Waals surface area contributed by atoms with E-state index in [0.29, 0.717) is 14.0 Å². The van der Waals surface area contributed by atoms with Crippen LogP contribution in [0.3, 0.4) is 0 Å². The molecule has 0 amide bonds. The number of aromatic nitrogens is 4. The summed E-state index contributed by atoms with van der Waals surface area (Å²) in [4.78, 5) is 36.7. The molecule has 0 aliphatic rings. The predicted molar refractivity (Wildman–Crippen MR) is 109 cm³/mol. The Balaban J connectivity index is 1.84. The van der Waals surface area contributed by atoms with Crippen molar-refractivity contribution in [3.63, 3.8) is 0 Å². The Morgan fingerprint density at radius 1 is 1.25 bits per heavy atom. The zero-order valence-electron chi connectivity index (χ0n) is 14.7. The van der Waals surface area contributed by atoms with Gasteiger partial charge in [0.05, 0.1) is 11.4 Å². The van der Waals surface area contributed by atoms with Crippen LogP contribution in [-0.4, -0.2) is 30.5 Å². The SMILES string of the molecule is Cn1c(N)c(C(=O)CSc2nn(-c3ccc(F)cc3)c(=S)s2)c(=O)n(C)c1=O. The number of anilines is 1. The van der Waals surface area contributed by atoms with Crippen LogP contribution >= 0.6 is 35.3 Å². The highest BCUT2D eigenvalue weighted by Crippen LogP contribution is 2.25. The normalized spacial score (nSPS) is 11.0. The molecule has 0 saturated heterocycles. The average Bonchev–Trinajstić information content (AvgIpc) is 3.04. The second kappa shape index (κ2) is 7.81. The second-order valence-corrected chi connectivity index (χ2v) is 8.55. The summed E-state index contributed by atoms with van der Waals surface area (Å²) in [5.74, 6) is -1.18. The average molecular weight is 440 g/mol. The highest BCUT2D eigenvalue weighted by Gasteiger charge is 2.21. The number of nitrogens with zero attached hydrogens (tertiary/aromatic N) is 4. The lowest BCUT2D eigenvalue weighted by molar-refractivity contribution is 0.102. The largest absolute Gasteiger partial charge is 0.384 e. The van der Waals surface area contributed by atoms with Gasteiger partial charge in [-0.1, -0.05) is 23.1 Å². The lowest BCUT2D eigenvalue weighted by Gasteiger charge is -2.10. The number of ketones is 1. The summed E-state index contributed by atoms with van der Waals surface area (Å²) in [6.07, 6.45) is 0. The molecule has 3 rings (SSSR count). The van der Waals surface area contributed by atoms with E-state index >= 15 is 0 Å². The molecular weight excluding hydrogens is 425 g/mol. The molecule has 0 aliphatic heterocycles. The maximum absolute atomic E-state index is 13.1. The van der Waals surface area contributed by atoms with Gasteiger partial charge in [0.1, 0.15) is 17.2 Å². The molecule has 0 bridgehead atoms. The van der Waals surface area contributed by atoms with Gasteiger partial charge in [-0.2, -0.15) is 0 Å². The number of nitrogens with two attached hydrogens (primary N) is 1. The van der Waals surface area contributed by atoms with Gasteiger partial charge in [0.15, 0.2) is 14.1 Å². The fourth-order valence-corrected chi connectivity index (χ4v) is 4.62. The molecule has 8 nitrogen and oxygen atoms in total. The number of rotatable bonds is 5. The monoisotopic (exact) mass is 439 g/mol. The van der Waals surface area contributed by atoms with Crippen molar-refractivity contribution in [3.05, 3.63) is 60.4 Å². The molecule has 2 heterocycles. The van der Waals surface area contributed by atoms with E-state index in [1.165, 1.54) is 42.2 Å². The van der Waals surface area contributed by atoms with E-state index in [-0.39, 0.29) is 23.0 Å². The van der Waals surface area contributed by atoms with Gasteiger partial charge in [-0.15, -0.1) is 5.10 Å². The van der Waals surface area contributed by atoms with Crippen LogP contribution in [0, 0.1) is 9.77 Å². The first-order valence-corrected chi connectivity index (χ1v) is 9.99. The first kappa shape index (κ1) is 20.2. The summed E-state index contributed by atoms with van der Waals surface area (Å²) in [6.45, 7) is 0. The van der Waals surface area contributed by atoms with Crippen molar-refractivity contribution in [2.45, 2.75) is 4.34 Å². The number of carbonyl (C=O) groups is 1. The molecule has 0 spiro atoms. The van der Waals surface area contributed by atoms with Crippen LogP contribution in [0.1, 0.15) is 10.4 Å². The molecule has 2 N–H and O–H groups in total. The molecule has 0 radical (unpaired) electrons. The van der Waals surface area contributed by atoms with Crippen LogP contribution in [0.25, 0.3) is 5.69 Å². The fraction of sp³-hybridized carbons (Fsp3) is 0.188. The molecular formula is C16H14FN5O3S3. The van der Waals surface area contributed by atoms with Crippen molar-refractivity contribution in [3.8, 4) is 5.69 Å². The molecule has 2 aromatic heterocycles. The van der Waals surface area contributed by atoms with E-state index in [0.717, 1.165) is 20.9 Å². The summed E-state index contributed by atoms with van der Waals surface area (Å²) < 4.78 is 17.4. The number of benzene rings is 1. The van der Waals surface area contributed by atoms with Crippen molar-refractivity contribution < 1.29 is 9.18 Å². The van der Waals surface area contributed by atoms with Crippen molar-refractivity contribution in [2.24, 2.45) is 14.1 Å². The molecule has 12 heteroatoms. The highest BCUT2D eigenvalue weighted by atomic mass is 32.2. The van der Waals surface area contributed by atoms with Gasteiger partial charge in [0, 0.05) is 14.1 Å². The number of nitrogen functional groups attached to an aromatic ring is 1. The van der Waals surface area contributed by atoms with Gasteiger partial charge >= 0.3 is 5.69 Å². The van der Waals surface area contributed by atoms with E-state index in [1.54, 1.807) is 12.1 Å². The first-order valence-electron chi connectivity index (χ1n) is 7.78. The third-order valence-electron chi connectivity index (χ3n) is 3.92. The molecule has 0 unspecified atom stereocenters. The third kappa shape index (κ3) is 3.70. The van der Waals surface area contributed by atoms with Crippen LogP contribution in [0.5, 0.6) is 0 Å². The number of carbonyl (C=O) groups excluding carboxylic acids is 1. The minimum absolute atomic E-state index is 0.108. The number of Topliss-reactive ketones (excluding diaryl/α,β-unsaturated/α-hetero) is 1. The number of hydrogen-bond donors (Lipinski definition) is 1. The Kier molecular flexibility index (Phi) is 5.63. The quantitative estimate of drug-likeness (QED) is 0.367. The molecule has 3 aromatic rings. The van der Waals surface area contributed by atoms with Crippen LogP contribution in [0.4, 0.5) is 10.2 Å². The summed E-state index contributed by atoms with van der Waals surface area (Å²) in [7, 11) is 2.67. The fourth-order valence-electron chi connectivity index (χ4n) is 2.39. The van der Waals surface area contributed by atoms with Crippen molar-refractivity contribution >= 4 is 46.9 Å². The molecule has 0 aliphatic carbocycles. The van der Waals surface area contributed by atoms with E-state index < -0.39 is 17.0 Å². The van der Waals surface area contributed by atoms with Crippen LogP contribution in [0.15, 0.2) is 38.2 Å². The van der Waals surface area contributed by atoms with Gasteiger partial charge in [0.2, 0.25) is 0 Å². The van der Waals surface area contributed by atoms with Gasteiger partial charge in [-0.25, -0.2) is 13.9 Å². The minimum atomic E-state index is -0.740. The summed E-state index contributed by atoms with van der Waals surface area (Å²) in [6, 6.07) is 5.68. The van der Waals surface area contributed by atoms with Crippen molar-refractivity contribution in [2.75, 3.05) is 11.5 Å². The maximum Gasteiger partial charge on any atom is 0.332 e. The van der Waals surface area contributed by atoms with Crippen LogP contribution in [0.2, 0.25) is 0 Å². The second-order valence-electron chi connectivity index (χ2n) is 5.70. The summed E-state index contributed by atoms with van der Waals surface area (Å²) >= 11 is 7.54. The van der Waals surface area contributed by atoms with E-state index in [9.17, 15) is 18.8 Å². The minimum Gasteiger partial charge on any atom is -0.384 e. The Morgan fingerprint density at radius 3 is 2.54 bits per heavy atom. The van der Waals surface area contributed by atoms with Gasteiger partial charge in [-0.3, -0.25) is 18.7 Å². The number of hydrogen-bond acceptors (Lipinski definition) is 8. The third-order valence-corrected chi connectivity index (χ3v) is 6.28.